The summed E-state index contributed by atoms with van der Waals surface area (Å²) in [5.41, 5.74) is -0.221. The van der Waals surface area contributed by atoms with E-state index >= 15 is 0 Å². The highest BCUT2D eigenvalue weighted by Gasteiger charge is 2.36. The molecule has 1 atom stereocenters. The summed E-state index contributed by atoms with van der Waals surface area (Å²) in [4.78, 5) is 19.9. The summed E-state index contributed by atoms with van der Waals surface area (Å²) in [5.74, 6) is 0.736. The van der Waals surface area contributed by atoms with Crippen LogP contribution in [0.15, 0.2) is 23.3 Å². The first-order valence-corrected chi connectivity index (χ1v) is 5.89. The lowest BCUT2D eigenvalue weighted by molar-refractivity contribution is -0.120. The third-order valence-electron chi connectivity index (χ3n) is 2.59. The van der Waals surface area contributed by atoms with Gasteiger partial charge in [-0.1, -0.05) is 0 Å². The average Bonchev–Trinajstić information content (AvgIpc) is 2.63. The predicted octanol–water partition coefficient (Wildman–Crippen LogP) is 1.63. The van der Waals surface area contributed by atoms with Crippen molar-refractivity contribution in [3.8, 4) is 5.75 Å². The van der Waals surface area contributed by atoms with Gasteiger partial charge in [-0.2, -0.15) is 0 Å². The van der Waals surface area contributed by atoms with Gasteiger partial charge in [-0.05, 0) is 26.0 Å². The number of carbonyl (C=O) groups excluding carboxylic acids is 1. The minimum atomic E-state index is -0.677. The van der Waals surface area contributed by atoms with Gasteiger partial charge in [0.1, 0.15) is 22.0 Å². The Morgan fingerprint density at radius 3 is 2.94 bits per heavy atom. The number of pyridine rings is 1. The maximum atomic E-state index is 11.4. The molecule has 0 amide bonds. The molecular weight excluding hydrogens is 224 g/mol. The molecule has 0 saturated heterocycles. The lowest BCUT2D eigenvalue weighted by Gasteiger charge is -2.13. The molecule has 16 heavy (non-hydrogen) atoms. The van der Waals surface area contributed by atoms with Crippen LogP contribution in [0.25, 0.3) is 0 Å². The average molecular weight is 236 g/mol. The van der Waals surface area contributed by atoms with Gasteiger partial charge in [-0.25, -0.2) is 0 Å². The van der Waals surface area contributed by atoms with Crippen molar-refractivity contribution in [3.05, 3.63) is 24.0 Å². The molecule has 0 aliphatic carbocycles. The monoisotopic (exact) mass is 236 g/mol. The zero-order valence-electron chi connectivity index (χ0n) is 9.10. The van der Waals surface area contributed by atoms with Gasteiger partial charge in [-0.3, -0.25) is 14.8 Å². The summed E-state index contributed by atoms with van der Waals surface area (Å²) >= 11 is 1.45. The highest BCUT2D eigenvalue weighted by atomic mass is 32.2. The number of aromatic nitrogens is 1. The predicted molar refractivity (Wildman–Crippen MR) is 64.0 cm³/mol. The Balaban J connectivity index is 2.39. The second-order valence-electron chi connectivity index (χ2n) is 3.91. The highest BCUT2D eigenvalue weighted by molar-refractivity contribution is 8.14. The largest absolute Gasteiger partial charge is 0.506 e. The first-order valence-electron chi connectivity index (χ1n) is 4.91. The molecule has 4 nitrogen and oxygen atoms in total. The lowest BCUT2D eigenvalue weighted by atomic mass is 10.0. The van der Waals surface area contributed by atoms with Crippen LogP contribution in [0.2, 0.25) is 0 Å². The number of Topliss-reactive ketones (excluding diaryl/α,β-unsaturated/α-hetero) is 1. The molecule has 5 heteroatoms. The molecule has 0 spiro atoms. The summed E-state index contributed by atoms with van der Waals surface area (Å²) in [7, 11) is 0. The van der Waals surface area contributed by atoms with Crippen molar-refractivity contribution in [1.29, 1.82) is 0 Å². The van der Waals surface area contributed by atoms with Gasteiger partial charge in [0.15, 0.2) is 5.78 Å². The third kappa shape index (κ3) is 1.82. The molecule has 0 unspecified atom stereocenters. The SMILES string of the molecule is CC(=O)[C@@]1(C)CSC(c2ncccc2O)=N1. The van der Waals surface area contributed by atoms with Crippen LogP contribution in [0.5, 0.6) is 5.75 Å². The first-order chi connectivity index (χ1) is 7.53. The van der Waals surface area contributed by atoms with Crippen LogP contribution in [0.1, 0.15) is 19.5 Å². The van der Waals surface area contributed by atoms with Gasteiger partial charge in [0.25, 0.3) is 0 Å². The molecule has 2 heterocycles. The summed E-state index contributed by atoms with van der Waals surface area (Å²) in [6, 6.07) is 3.22. The summed E-state index contributed by atoms with van der Waals surface area (Å²) in [6.07, 6.45) is 1.60. The molecule has 1 aromatic heterocycles. The van der Waals surface area contributed by atoms with Crippen LogP contribution in [-0.2, 0) is 4.79 Å². The number of aliphatic imine (C=N–C) groups is 1. The Hall–Kier alpha value is -1.36. The van der Waals surface area contributed by atoms with E-state index in [4.69, 9.17) is 0 Å². The molecular formula is C11H12N2O2S. The molecule has 0 aromatic carbocycles. The van der Waals surface area contributed by atoms with Crippen molar-refractivity contribution >= 4 is 22.6 Å². The summed E-state index contributed by atoms with van der Waals surface area (Å²) in [6.45, 7) is 3.33. The number of rotatable bonds is 2. The van der Waals surface area contributed by atoms with Gasteiger partial charge in [0.05, 0.1) is 0 Å². The molecule has 0 fully saturated rings. The number of hydrogen-bond donors (Lipinski definition) is 1. The van der Waals surface area contributed by atoms with E-state index in [9.17, 15) is 9.90 Å². The topological polar surface area (TPSA) is 62.5 Å². The van der Waals surface area contributed by atoms with Crippen LogP contribution in [0.3, 0.4) is 0 Å². The molecule has 2 rings (SSSR count). The minimum absolute atomic E-state index is 0.0328. The van der Waals surface area contributed by atoms with Crippen molar-refractivity contribution in [2.45, 2.75) is 19.4 Å². The molecule has 0 radical (unpaired) electrons. The third-order valence-corrected chi connectivity index (χ3v) is 3.85. The molecule has 84 valence electrons. The normalized spacial score (nSPS) is 24.2. The van der Waals surface area contributed by atoms with E-state index in [1.54, 1.807) is 25.3 Å². The summed E-state index contributed by atoms with van der Waals surface area (Å²) in [5, 5.41) is 10.3. The van der Waals surface area contributed by atoms with Gasteiger partial charge in [-0.15, -0.1) is 11.8 Å². The standard InChI is InChI=1S/C11H12N2O2S/c1-7(14)11(2)6-16-10(13-11)9-8(15)4-3-5-12-9/h3-5,15H,6H2,1-2H3/t11-/m1/s1. The fraction of sp³-hybridized carbons (Fsp3) is 0.364. The van der Waals surface area contributed by atoms with Gasteiger partial charge >= 0.3 is 0 Å². The van der Waals surface area contributed by atoms with Crippen LogP contribution in [-0.4, -0.2) is 32.2 Å². The van der Waals surface area contributed by atoms with E-state index in [-0.39, 0.29) is 11.5 Å². The molecule has 1 aromatic rings. The number of aromatic hydroxyl groups is 1. The quantitative estimate of drug-likeness (QED) is 0.847. The molecule has 1 aliphatic rings. The zero-order valence-corrected chi connectivity index (χ0v) is 9.91. The first kappa shape index (κ1) is 11.1. The Morgan fingerprint density at radius 2 is 2.38 bits per heavy atom. The van der Waals surface area contributed by atoms with Crippen molar-refractivity contribution in [3.63, 3.8) is 0 Å². The van der Waals surface area contributed by atoms with E-state index in [1.807, 2.05) is 0 Å². The fourth-order valence-electron chi connectivity index (χ4n) is 1.36. The van der Waals surface area contributed by atoms with Crippen LogP contribution < -0.4 is 0 Å². The number of nitrogens with zero attached hydrogens (tertiary/aromatic N) is 2. The van der Waals surface area contributed by atoms with Gasteiger partial charge in [0, 0.05) is 11.9 Å². The van der Waals surface area contributed by atoms with Crippen molar-refractivity contribution < 1.29 is 9.90 Å². The lowest BCUT2D eigenvalue weighted by Crippen LogP contribution is -2.31. The van der Waals surface area contributed by atoms with Crippen molar-refractivity contribution in [2.75, 3.05) is 5.75 Å². The molecule has 0 saturated carbocycles. The number of ketones is 1. The van der Waals surface area contributed by atoms with Gasteiger partial charge < -0.3 is 5.11 Å². The Labute approximate surface area is 97.8 Å². The van der Waals surface area contributed by atoms with Crippen LogP contribution in [0, 0.1) is 0 Å². The highest BCUT2D eigenvalue weighted by Crippen LogP contribution is 2.33. The zero-order chi connectivity index (χ0) is 11.8. The van der Waals surface area contributed by atoms with Crippen LogP contribution >= 0.6 is 11.8 Å². The smallest absolute Gasteiger partial charge is 0.157 e. The fourth-order valence-corrected chi connectivity index (χ4v) is 2.61. The Kier molecular flexibility index (Phi) is 2.71. The maximum absolute atomic E-state index is 11.4. The van der Waals surface area contributed by atoms with Crippen molar-refractivity contribution in [1.82, 2.24) is 4.98 Å². The van der Waals surface area contributed by atoms with Crippen LogP contribution in [0.4, 0.5) is 0 Å². The van der Waals surface area contributed by atoms with Gasteiger partial charge in [0.2, 0.25) is 0 Å². The number of hydrogen-bond acceptors (Lipinski definition) is 5. The molecule has 1 aliphatic heterocycles. The summed E-state index contributed by atoms with van der Waals surface area (Å²) < 4.78 is 0. The second-order valence-corrected chi connectivity index (χ2v) is 4.87. The van der Waals surface area contributed by atoms with E-state index in [2.05, 4.69) is 9.98 Å². The Morgan fingerprint density at radius 1 is 1.62 bits per heavy atom. The number of carbonyl (C=O) groups is 1. The Bertz CT molecular complexity index is 473. The number of thioether (sulfide) groups is 1. The van der Waals surface area contributed by atoms with E-state index < -0.39 is 5.54 Å². The molecule has 1 N–H and O–H groups in total. The van der Waals surface area contributed by atoms with Crippen molar-refractivity contribution in [2.24, 2.45) is 4.99 Å². The maximum Gasteiger partial charge on any atom is 0.157 e. The van der Waals surface area contributed by atoms with E-state index in [1.165, 1.54) is 18.7 Å². The second kappa shape index (κ2) is 3.90. The molecule has 0 bridgehead atoms. The minimum Gasteiger partial charge on any atom is -0.506 e. The van der Waals surface area contributed by atoms with E-state index in [0.717, 1.165) is 0 Å². The van der Waals surface area contributed by atoms with E-state index in [0.29, 0.717) is 16.5 Å².